The summed E-state index contributed by atoms with van der Waals surface area (Å²) in [5.41, 5.74) is 1.53. The van der Waals surface area contributed by atoms with Crippen LogP contribution in [-0.4, -0.2) is 35.8 Å². The second-order valence-corrected chi connectivity index (χ2v) is 8.84. The van der Waals surface area contributed by atoms with Crippen LogP contribution in [0, 0.1) is 0 Å². The Balaban J connectivity index is 1.69. The molecule has 33 heavy (non-hydrogen) atoms. The van der Waals surface area contributed by atoms with Gasteiger partial charge in [0.2, 0.25) is 5.91 Å². The van der Waals surface area contributed by atoms with E-state index in [1.807, 2.05) is 6.07 Å². The largest absolute Gasteiger partial charge is 0.497 e. The second-order valence-electron chi connectivity index (χ2n) is 7.52. The van der Waals surface area contributed by atoms with Crippen molar-refractivity contribution in [2.24, 2.45) is 0 Å². The Morgan fingerprint density at radius 3 is 2.36 bits per heavy atom. The fourth-order valence-corrected chi connectivity index (χ4v) is 4.21. The molecule has 3 aromatic carbocycles. The van der Waals surface area contributed by atoms with Crippen molar-refractivity contribution >= 4 is 50.9 Å². The Kier molecular flexibility index (Phi) is 6.81. The van der Waals surface area contributed by atoms with Gasteiger partial charge < -0.3 is 9.64 Å². The molecule has 3 aromatic rings. The SMILES string of the molecule is COc1ccc(C(=O)N(Cc2ccccc2Cl)C2CC(=O)N(c3ccc(Br)cc3)C2=O)cc1. The maximum Gasteiger partial charge on any atom is 0.257 e. The first kappa shape index (κ1) is 23.0. The molecule has 1 saturated heterocycles. The van der Waals surface area contributed by atoms with Crippen LogP contribution in [0.15, 0.2) is 77.3 Å². The van der Waals surface area contributed by atoms with E-state index in [2.05, 4.69) is 15.9 Å². The monoisotopic (exact) mass is 526 g/mol. The number of methoxy groups -OCH3 is 1. The van der Waals surface area contributed by atoms with Crippen molar-refractivity contribution in [3.05, 3.63) is 93.4 Å². The van der Waals surface area contributed by atoms with Crippen molar-refractivity contribution in [3.8, 4) is 5.75 Å². The van der Waals surface area contributed by atoms with Gasteiger partial charge in [-0.15, -0.1) is 0 Å². The third-order valence-electron chi connectivity index (χ3n) is 5.48. The molecule has 168 valence electrons. The van der Waals surface area contributed by atoms with Crippen molar-refractivity contribution in [1.82, 2.24) is 4.90 Å². The lowest BCUT2D eigenvalue weighted by Crippen LogP contribution is -2.45. The maximum atomic E-state index is 13.5. The van der Waals surface area contributed by atoms with Gasteiger partial charge in [-0.1, -0.05) is 45.7 Å². The molecule has 0 spiro atoms. The molecular formula is C25H20BrClN2O4. The van der Waals surface area contributed by atoms with E-state index >= 15 is 0 Å². The van der Waals surface area contributed by atoms with Gasteiger partial charge in [0.05, 0.1) is 19.2 Å². The van der Waals surface area contributed by atoms with Crippen LogP contribution in [0.25, 0.3) is 0 Å². The number of anilines is 1. The van der Waals surface area contributed by atoms with Gasteiger partial charge in [-0.2, -0.15) is 0 Å². The molecule has 3 amide bonds. The van der Waals surface area contributed by atoms with Crippen molar-refractivity contribution in [1.29, 1.82) is 0 Å². The van der Waals surface area contributed by atoms with Crippen LogP contribution in [0.1, 0.15) is 22.3 Å². The molecule has 1 unspecified atom stereocenters. The molecule has 0 bridgehead atoms. The van der Waals surface area contributed by atoms with Crippen LogP contribution < -0.4 is 9.64 Å². The summed E-state index contributed by atoms with van der Waals surface area (Å²) in [6, 6.07) is 19.7. The van der Waals surface area contributed by atoms with Crippen LogP contribution in [-0.2, 0) is 16.1 Å². The Bertz CT molecular complexity index is 1200. The summed E-state index contributed by atoms with van der Waals surface area (Å²) in [4.78, 5) is 42.4. The van der Waals surface area contributed by atoms with Crippen molar-refractivity contribution in [3.63, 3.8) is 0 Å². The Labute approximate surface area is 204 Å². The van der Waals surface area contributed by atoms with E-state index in [1.165, 1.54) is 4.90 Å². The first-order valence-corrected chi connectivity index (χ1v) is 11.4. The zero-order valence-electron chi connectivity index (χ0n) is 17.7. The standard InChI is InChI=1S/C25H20BrClN2O4/c1-33-20-12-6-16(7-13-20)24(31)28(15-17-4-2-3-5-21(17)27)22-14-23(30)29(25(22)32)19-10-8-18(26)9-11-19/h2-13,22H,14-15H2,1H3. The van der Waals surface area contributed by atoms with Crippen LogP contribution in [0.2, 0.25) is 5.02 Å². The molecule has 1 aliphatic heterocycles. The molecule has 1 heterocycles. The third kappa shape index (κ3) is 4.79. The number of hydrogen-bond acceptors (Lipinski definition) is 4. The quantitative estimate of drug-likeness (QED) is 0.419. The highest BCUT2D eigenvalue weighted by Gasteiger charge is 2.44. The van der Waals surface area contributed by atoms with Crippen LogP contribution in [0.3, 0.4) is 0 Å². The second kappa shape index (κ2) is 9.77. The molecule has 1 aliphatic rings. The van der Waals surface area contributed by atoms with E-state index in [9.17, 15) is 14.4 Å². The fourth-order valence-electron chi connectivity index (χ4n) is 3.75. The topological polar surface area (TPSA) is 66.9 Å². The minimum atomic E-state index is -0.952. The van der Waals surface area contributed by atoms with Gasteiger partial charge in [0, 0.05) is 21.6 Å². The highest BCUT2D eigenvalue weighted by Crippen LogP contribution is 2.30. The smallest absolute Gasteiger partial charge is 0.257 e. The van der Waals surface area contributed by atoms with Gasteiger partial charge >= 0.3 is 0 Å². The molecular weight excluding hydrogens is 508 g/mol. The van der Waals surface area contributed by atoms with E-state index in [4.69, 9.17) is 16.3 Å². The molecule has 1 fully saturated rings. The summed E-state index contributed by atoms with van der Waals surface area (Å²) in [6.45, 7) is 0.0857. The predicted molar refractivity (Wildman–Crippen MR) is 129 cm³/mol. The number of hydrogen-bond donors (Lipinski definition) is 0. The van der Waals surface area contributed by atoms with Crippen molar-refractivity contribution < 1.29 is 19.1 Å². The third-order valence-corrected chi connectivity index (χ3v) is 6.38. The minimum absolute atomic E-state index is 0.0857. The molecule has 0 saturated carbocycles. The van der Waals surface area contributed by atoms with E-state index in [0.29, 0.717) is 27.6 Å². The van der Waals surface area contributed by atoms with Gasteiger partial charge in [-0.3, -0.25) is 14.4 Å². The first-order valence-electron chi connectivity index (χ1n) is 10.2. The first-order chi connectivity index (χ1) is 15.9. The van der Waals surface area contributed by atoms with Crippen LogP contribution >= 0.6 is 27.5 Å². The number of ether oxygens (including phenoxy) is 1. The Hall–Kier alpha value is -3.16. The highest BCUT2D eigenvalue weighted by molar-refractivity contribution is 9.10. The normalized spacial score (nSPS) is 15.6. The minimum Gasteiger partial charge on any atom is -0.497 e. The zero-order valence-corrected chi connectivity index (χ0v) is 20.0. The number of carbonyl (C=O) groups is 3. The number of benzene rings is 3. The van der Waals surface area contributed by atoms with Crippen LogP contribution in [0.4, 0.5) is 5.69 Å². The summed E-state index contributed by atoms with van der Waals surface area (Å²) < 4.78 is 6.00. The van der Waals surface area contributed by atoms with E-state index in [-0.39, 0.29) is 24.8 Å². The molecule has 0 N–H and O–H groups in total. The fraction of sp³-hybridized carbons (Fsp3) is 0.160. The average Bonchev–Trinajstić information content (AvgIpc) is 3.12. The number of carbonyl (C=O) groups excluding carboxylic acids is 3. The number of imide groups is 1. The van der Waals surface area contributed by atoms with E-state index < -0.39 is 11.9 Å². The summed E-state index contributed by atoms with van der Waals surface area (Å²) in [6.07, 6.45) is -0.110. The summed E-state index contributed by atoms with van der Waals surface area (Å²) in [5.74, 6) is -0.575. The number of halogens is 2. The number of amides is 3. The molecule has 8 heteroatoms. The molecule has 0 radical (unpaired) electrons. The molecule has 0 aromatic heterocycles. The van der Waals surface area contributed by atoms with E-state index in [0.717, 1.165) is 9.37 Å². The molecule has 4 rings (SSSR count). The Morgan fingerprint density at radius 2 is 1.73 bits per heavy atom. The van der Waals surface area contributed by atoms with Gasteiger partial charge in [-0.05, 0) is 60.2 Å². The van der Waals surface area contributed by atoms with Gasteiger partial charge in [0.15, 0.2) is 0 Å². The lowest BCUT2D eigenvalue weighted by atomic mass is 10.1. The number of nitrogens with zero attached hydrogens (tertiary/aromatic N) is 2. The molecule has 0 aliphatic carbocycles. The lowest BCUT2D eigenvalue weighted by Gasteiger charge is -2.28. The number of rotatable bonds is 6. The van der Waals surface area contributed by atoms with Crippen molar-refractivity contribution in [2.45, 2.75) is 19.0 Å². The highest BCUT2D eigenvalue weighted by atomic mass is 79.9. The van der Waals surface area contributed by atoms with Gasteiger partial charge in [0.1, 0.15) is 11.8 Å². The average molecular weight is 528 g/mol. The Morgan fingerprint density at radius 1 is 1.06 bits per heavy atom. The van der Waals surface area contributed by atoms with E-state index in [1.54, 1.807) is 73.8 Å². The lowest BCUT2D eigenvalue weighted by molar-refractivity contribution is -0.122. The van der Waals surface area contributed by atoms with Gasteiger partial charge in [0.25, 0.3) is 11.8 Å². The van der Waals surface area contributed by atoms with Gasteiger partial charge in [-0.25, -0.2) is 4.90 Å². The van der Waals surface area contributed by atoms with Crippen LogP contribution in [0.5, 0.6) is 5.75 Å². The summed E-state index contributed by atoms with van der Waals surface area (Å²) in [7, 11) is 1.54. The zero-order chi connectivity index (χ0) is 23.5. The molecule has 1 atom stereocenters. The van der Waals surface area contributed by atoms with Crippen molar-refractivity contribution in [2.75, 3.05) is 12.0 Å². The summed E-state index contributed by atoms with van der Waals surface area (Å²) in [5, 5.41) is 0.478. The predicted octanol–water partition coefficient (Wildman–Crippen LogP) is 5.09. The maximum absolute atomic E-state index is 13.5. The molecule has 6 nitrogen and oxygen atoms in total. The summed E-state index contributed by atoms with van der Waals surface area (Å²) >= 11 is 9.70.